The Morgan fingerprint density at radius 3 is 2.42 bits per heavy atom. The van der Waals surface area contributed by atoms with Crippen molar-refractivity contribution < 1.29 is 9.59 Å². The number of hydrogen-bond acceptors (Lipinski definition) is 3. The van der Waals surface area contributed by atoms with Crippen LogP contribution in [0.2, 0.25) is 5.02 Å². The lowest BCUT2D eigenvalue weighted by molar-refractivity contribution is -0.117. The third-order valence-electron chi connectivity index (χ3n) is 3.27. The van der Waals surface area contributed by atoms with Crippen molar-refractivity contribution in [2.45, 2.75) is 0 Å². The Hall–Kier alpha value is -2.63. The largest absolute Gasteiger partial charge is 0.281 e. The highest BCUT2D eigenvalue weighted by atomic mass is 35.5. The van der Waals surface area contributed by atoms with Gasteiger partial charge in [-0.15, -0.1) is 11.3 Å². The zero-order valence-corrected chi connectivity index (χ0v) is 14.0. The number of nitrogens with one attached hydrogen (secondary N) is 2. The van der Waals surface area contributed by atoms with Crippen LogP contribution >= 0.6 is 22.9 Å². The first-order valence-corrected chi connectivity index (χ1v) is 8.35. The summed E-state index contributed by atoms with van der Waals surface area (Å²) in [7, 11) is 0. The van der Waals surface area contributed by atoms with E-state index < -0.39 is 11.8 Å². The zero-order chi connectivity index (χ0) is 16.9. The van der Waals surface area contributed by atoms with E-state index >= 15 is 0 Å². The molecule has 6 heteroatoms. The number of amides is 2. The predicted molar refractivity (Wildman–Crippen MR) is 97.9 cm³/mol. The minimum atomic E-state index is -0.442. The highest BCUT2D eigenvalue weighted by Crippen LogP contribution is 2.34. The minimum absolute atomic E-state index is 0.366. The fraction of sp³-hybridized carbons (Fsp3) is 0. The minimum Gasteiger partial charge on any atom is -0.268 e. The van der Waals surface area contributed by atoms with E-state index in [1.54, 1.807) is 6.08 Å². The van der Waals surface area contributed by atoms with Crippen LogP contribution in [0.1, 0.15) is 15.2 Å². The predicted octanol–water partition coefficient (Wildman–Crippen LogP) is 4.03. The molecule has 0 fully saturated rings. The molecule has 2 amide bonds. The summed E-state index contributed by atoms with van der Waals surface area (Å²) in [6.45, 7) is 0. The second kappa shape index (κ2) is 7.29. The molecular weight excluding hydrogens is 344 g/mol. The van der Waals surface area contributed by atoms with Crippen molar-refractivity contribution in [3.05, 3.63) is 76.1 Å². The molecule has 0 atom stereocenters. The summed E-state index contributed by atoms with van der Waals surface area (Å²) >= 11 is 7.51. The number of carbonyl (C=O) groups is 2. The van der Waals surface area contributed by atoms with Crippen LogP contribution < -0.4 is 10.9 Å². The van der Waals surface area contributed by atoms with Crippen LogP contribution in [0.4, 0.5) is 0 Å². The van der Waals surface area contributed by atoms with Crippen LogP contribution in [0, 0.1) is 0 Å². The van der Waals surface area contributed by atoms with Gasteiger partial charge in [0.25, 0.3) is 11.8 Å². The number of fused-ring (bicyclic) bond motifs is 1. The van der Waals surface area contributed by atoms with E-state index in [4.69, 9.17) is 11.6 Å². The number of hydrazine groups is 1. The molecule has 24 heavy (non-hydrogen) atoms. The van der Waals surface area contributed by atoms with Crippen molar-refractivity contribution >= 4 is 50.9 Å². The molecule has 1 aromatic heterocycles. The van der Waals surface area contributed by atoms with Crippen molar-refractivity contribution in [3.63, 3.8) is 0 Å². The van der Waals surface area contributed by atoms with E-state index in [9.17, 15) is 9.59 Å². The number of benzene rings is 2. The van der Waals surface area contributed by atoms with E-state index in [1.807, 2.05) is 54.6 Å². The van der Waals surface area contributed by atoms with Crippen molar-refractivity contribution in [1.29, 1.82) is 0 Å². The van der Waals surface area contributed by atoms with E-state index in [-0.39, 0.29) is 0 Å². The Morgan fingerprint density at radius 2 is 1.67 bits per heavy atom. The van der Waals surface area contributed by atoms with Gasteiger partial charge in [-0.2, -0.15) is 0 Å². The van der Waals surface area contributed by atoms with Crippen LogP contribution in [0.15, 0.2) is 60.7 Å². The molecule has 0 radical (unpaired) electrons. The van der Waals surface area contributed by atoms with E-state index in [2.05, 4.69) is 10.9 Å². The Balaban J connectivity index is 1.63. The van der Waals surface area contributed by atoms with Crippen molar-refractivity contribution in [3.8, 4) is 0 Å². The van der Waals surface area contributed by atoms with Gasteiger partial charge in [0.15, 0.2) is 0 Å². The fourth-order valence-electron chi connectivity index (χ4n) is 2.11. The second-order valence-electron chi connectivity index (χ2n) is 4.93. The quantitative estimate of drug-likeness (QED) is 0.550. The molecule has 3 rings (SSSR count). The van der Waals surface area contributed by atoms with Gasteiger partial charge in [-0.25, -0.2) is 0 Å². The lowest BCUT2D eigenvalue weighted by Crippen LogP contribution is -2.40. The summed E-state index contributed by atoms with van der Waals surface area (Å²) in [5.41, 5.74) is 5.61. The highest BCUT2D eigenvalue weighted by molar-refractivity contribution is 7.21. The normalized spacial score (nSPS) is 10.9. The summed E-state index contributed by atoms with van der Waals surface area (Å²) in [5.74, 6) is -0.868. The lowest BCUT2D eigenvalue weighted by Gasteiger charge is -2.03. The van der Waals surface area contributed by atoms with Gasteiger partial charge in [0.05, 0.1) is 5.02 Å². The Kier molecular flexibility index (Phi) is 4.93. The Bertz CT molecular complexity index is 919. The zero-order valence-electron chi connectivity index (χ0n) is 12.5. The van der Waals surface area contributed by atoms with Gasteiger partial charge in [-0.1, -0.05) is 60.1 Å². The summed E-state index contributed by atoms with van der Waals surface area (Å²) in [6, 6.07) is 16.9. The lowest BCUT2D eigenvalue weighted by atomic mass is 10.2. The number of thiophene rings is 1. The van der Waals surface area contributed by atoms with Crippen LogP contribution in [0.5, 0.6) is 0 Å². The molecule has 2 N–H and O–H groups in total. The molecule has 0 saturated heterocycles. The number of rotatable bonds is 3. The first-order valence-electron chi connectivity index (χ1n) is 7.15. The van der Waals surface area contributed by atoms with Gasteiger partial charge in [-0.05, 0) is 17.7 Å². The van der Waals surface area contributed by atoms with E-state index in [0.717, 1.165) is 15.6 Å². The van der Waals surface area contributed by atoms with Gasteiger partial charge < -0.3 is 0 Å². The van der Waals surface area contributed by atoms with Gasteiger partial charge in [0.1, 0.15) is 4.88 Å². The molecule has 1 heterocycles. The van der Waals surface area contributed by atoms with Gasteiger partial charge in [0, 0.05) is 16.2 Å². The summed E-state index contributed by atoms with van der Waals surface area (Å²) < 4.78 is 0.919. The molecule has 0 aliphatic heterocycles. The molecule has 0 aliphatic rings. The molecule has 0 saturated carbocycles. The molecule has 3 aromatic rings. The molecule has 2 aromatic carbocycles. The molecule has 0 unspecified atom stereocenters. The number of halogens is 1. The monoisotopic (exact) mass is 356 g/mol. The third kappa shape index (κ3) is 3.64. The molecular formula is C18H13ClN2O2S. The molecule has 4 nitrogen and oxygen atoms in total. The first-order chi connectivity index (χ1) is 11.6. The van der Waals surface area contributed by atoms with Crippen molar-refractivity contribution in [2.75, 3.05) is 0 Å². The third-order valence-corrected chi connectivity index (χ3v) is 4.94. The summed E-state index contributed by atoms with van der Waals surface area (Å²) in [6.07, 6.45) is 3.01. The Morgan fingerprint density at radius 1 is 0.958 bits per heavy atom. The standard InChI is InChI=1S/C18H13ClN2O2S/c19-16-13-8-4-5-9-14(13)24-17(16)18(23)21-20-15(22)11-10-12-6-2-1-3-7-12/h1-11H,(H,20,22)(H,21,23)/b11-10+. The molecule has 0 bridgehead atoms. The van der Waals surface area contributed by atoms with E-state index in [1.165, 1.54) is 17.4 Å². The second-order valence-corrected chi connectivity index (χ2v) is 6.36. The maximum atomic E-state index is 12.2. The molecule has 0 spiro atoms. The average molecular weight is 357 g/mol. The maximum absolute atomic E-state index is 12.2. The Labute approximate surface area is 147 Å². The first kappa shape index (κ1) is 16.2. The van der Waals surface area contributed by atoms with Crippen LogP contribution in [-0.2, 0) is 4.79 Å². The molecule has 0 aliphatic carbocycles. The fourth-order valence-corrected chi connectivity index (χ4v) is 3.53. The summed E-state index contributed by atoms with van der Waals surface area (Å²) in [4.78, 5) is 24.3. The average Bonchev–Trinajstić information content (AvgIpc) is 2.96. The SMILES string of the molecule is O=C(/C=C/c1ccccc1)NNC(=O)c1sc2ccccc2c1Cl. The van der Waals surface area contributed by atoms with Crippen LogP contribution in [0.3, 0.4) is 0 Å². The molecule has 120 valence electrons. The number of carbonyl (C=O) groups excluding carboxylic acids is 2. The smallest absolute Gasteiger partial charge is 0.268 e. The topological polar surface area (TPSA) is 58.2 Å². The van der Waals surface area contributed by atoms with Crippen molar-refractivity contribution in [2.24, 2.45) is 0 Å². The maximum Gasteiger partial charge on any atom is 0.281 e. The highest BCUT2D eigenvalue weighted by Gasteiger charge is 2.16. The number of hydrogen-bond donors (Lipinski definition) is 2. The summed E-state index contributed by atoms with van der Waals surface area (Å²) in [5, 5.41) is 1.21. The van der Waals surface area contributed by atoms with Crippen LogP contribution in [-0.4, -0.2) is 11.8 Å². The van der Waals surface area contributed by atoms with Gasteiger partial charge in [0.2, 0.25) is 0 Å². The van der Waals surface area contributed by atoms with Crippen LogP contribution in [0.25, 0.3) is 16.2 Å². The van der Waals surface area contributed by atoms with Gasteiger partial charge in [-0.3, -0.25) is 20.4 Å². The van der Waals surface area contributed by atoms with Crippen molar-refractivity contribution in [1.82, 2.24) is 10.9 Å². The van der Waals surface area contributed by atoms with Gasteiger partial charge >= 0.3 is 0 Å². The van der Waals surface area contributed by atoms with E-state index in [0.29, 0.717) is 9.90 Å².